The van der Waals surface area contributed by atoms with Crippen LogP contribution < -0.4 is 0 Å². The van der Waals surface area contributed by atoms with E-state index in [1.165, 1.54) is 51.4 Å². The van der Waals surface area contributed by atoms with E-state index < -0.39 is 0 Å². The predicted octanol–water partition coefficient (Wildman–Crippen LogP) is 4.67. The number of carbonyl (C=O) groups excluding carboxylic acids is 1. The summed E-state index contributed by atoms with van der Waals surface area (Å²) in [7, 11) is 0. The van der Waals surface area contributed by atoms with Crippen molar-refractivity contribution >= 4 is 5.97 Å². The summed E-state index contributed by atoms with van der Waals surface area (Å²) in [4.78, 5) is 11.6. The molecule has 0 N–H and O–H groups in total. The van der Waals surface area contributed by atoms with Crippen molar-refractivity contribution in [1.82, 2.24) is 0 Å². The molecule has 0 spiro atoms. The maximum atomic E-state index is 11.6. The maximum absolute atomic E-state index is 11.6. The average Bonchev–Trinajstić information content (AvgIpc) is 2.87. The molecule has 2 nitrogen and oxygen atoms in total. The van der Waals surface area contributed by atoms with Crippen molar-refractivity contribution in [2.45, 2.75) is 84.2 Å². The Morgan fingerprint density at radius 3 is 2.56 bits per heavy atom. The van der Waals surface area contributed by atoms with Gasteiger partial charge in [-0.15, -0.1) is 0 Å². The number of esters is 1. The molecule has 1 aliphatic rings. The molecule has 105 valence electrons. The minimum absolute atomic E-state index is 0.107. The molecular weight excluding hydrogens is 224 g/mol. The zero-order chi connectivity index (χ0) is 13.2. The van der Waals surface area contributed by atoms with Gasteiger partial charge >= 0.3 is 5.97 Å². The van der Waals surface area contributed by atoms with Crippen molar-refractivity contribution in [3.63, 3.8) is 0 Å². The highest BCUT2D eigenvalue weighted by molar-refractivity contribution is 5.78. The molecule has 0 amide bonds. The van der Waals surface area contributed by atoms with Crippen LogP contribution in [0.1, 0.15) is 78.1 Å². The first-order chi connectivity index (χ1) is 8.74. The van der Waals surface area contributed by atoms with Crippen LogP contribution in [-0.2, 0) is 9.53 Å². The van der Waals surface area contributed by atoms with Crippen LogP contribution in [0.25, 0.3) is 0 Å². The van der Waals surface area contributed by atoms with Crippen LogP contribution in [0.15, 0.2) is 0 Å². The number of rotatable bonds is 9. The molecule has 1 unspecified atom stereocenters. The topological polar surface area (TPSA) is 26.3 Å². The predicted molar refractivity (Wildman–Crippen MR) is 75.2 cm³/mol. The molecule has 1 atom stereocenters. The Labute approximate surface area is 112 Å². The number of hydrogen-bond donors (Lipinski definition) is 0. The Morgan fingerprint density at radius 1 is 1.22 bits per heavy atom. The number of ether oxygens (including phenoxy) is 1. The average molecular weight is 253 g/mol. The number of hydrogen-bond acceptors (Lipinski definition) is 2. The second-order valence-electron chi connectivity index (χ2n) is 5.59. The standard InChI is InChI=1S/C16H29O2/c1-3-4-5-6-7-8-13-16(17)18-14(2)15-11-9-10-12-15/h13-15H,3-12H2,1-2H3. The molecule has 2 heteroatoms. The van der Waals surface area contributed by atoms with Gasteiger partial charge in [-0.05, 0) is 32.1 Å². The lowest BCUT2D eigenvalue weighted by Crippen LogP contribution is -2.22. The summed E-state index contributed by atoms with van der Waals surface area (Å²) in [5.74, 6) is 0.497. The van der Waals surface area contributed by atoms with Gasteiger partial charge in [-0.25, -0.2) is 0 Å². The van der Waals surface area contributed by atoms with Crippen molar-refractivity contribution < 1.29 is 9.53 Å². The van der Waals surface area contributed by atoms with Crippen LogP contribution in [0.2, 0.25) is 0 Å². The van der Waals surface area contributed by atoms with Gasteiger partial charge in [0.25, 0.3) is 0 Å². The molecule has 0 saturated heterocycles. The molecule has 0 aromatic carbocycles. The third kappa shape index (κ3) is 6.42. The lowest BCUT2D eigenvalue weighted by atomic mass is 10.0. The maximum Gasteiger partial charge on any atom is 0.310 e. The second kappa shape index (κ2) is 9.41. The van der Waals surface area contributed by atoms with Crippen LogP contribution in [-0.4, -0.2) is 12.1 Å². The summed E-state index contributed by atoms with van der Waals surface area (Å²) in [6, 6.07) is 0. The molecule has 18 heavy (non-hydrogen) atoms. The summed E-state index contributed by atoms with van der Waals surface area (Å²) in [6.07, 6.45) is 14.0. The first kappa shape index (κ1) is 15.5. The van der Waals surface area contributed by atoms with Gasteiger partial charge in [0, 0.05) is 0 Å². The van der Waals surface area contributed by atoms with E-state index >= 15 is 0 Å². The van der Waals surface area contributed by atoms with E-state index in [1.807, 2.05) is 6.92 Å². The van der Waals surface area contributed by atoms with Crippen molar-refractivity contribution in [3.05, 3.63) is 6.42 Å². The van der Waals surface area contributed by atoms with Gasteiger partial charge in [0.1, 0.15) is 6.10 Å². The van der Waals surface area contributed by atoms with Crippen molar-refractivity contribution in [2.24, 2.45) is 5.92 Å². The largest absolute Gasteiger partial charge is 0.462 e. The van der Waals surface area contributed by atoms with Gasteiger partial charge in [-0.2, -0.15) is 0 Å². The van der Waals surface area contributed by atoms with Gasteiger partial charge in [0.15, 0.2) is 0 Å². The van der Waals surface area contributed by atoms with E-state index in [2.05, 4.69) is 6.92 Å². The summed E-state index contributed by atoms with van der Waals surface area (Å²) < 4.78 is 5.47. The Bertz CT molecular complexity index is 219. The quantitative estimate of drug-likeness (QED) is 0.441. The number of carbonyl (C=O) groups is 1. The van der Waals surface area contributed by atoms with E-state index in [9.17, 15) is 4.79 Å². The minimum atomic E-state index is -0.107. The van der Waals surface area contributed by atoms with Crippen molar-refractivity contribution in [2.75, 3.05) is 0 Å². The number of unbranched alkanes of at least 4 members (excludes halogenated alkanes) is 5. The van der Waals surface area contributed by atoms with Gasteiger partial charge in [0.2, 0.25) is 0 Å². The molecule has 0 aromatic rings. The van der Waals surface area contributed by atoms with Gasteiger partial charge in [-0.1, -0.05) is 51.9 Å². The molecule has 1 rings (SSSR count). The molecule has 1 saturated carbocycles. The van der Waals surface area contributed by atoms with E-state index in [-0.39, 0.29) is 12.1 Å². The monoisotopic (exact) mass is 253 g/mol. The van der Waals surface area contributed by atoms with Crippen LogP contribution >= 0.6 is 0 Å². The Kier molecular flexibility index (Phi) is 8.11. The summed E-state index contributed by atoms with van der Waals surface area (Å²) in [5.41, 5.74) is 0. The fraction of sp³-hybridized carbons (Fsp3) is 0.875. The Morgan fingerprint density at radius 2 is 1.89 bits per heavy atom. The highest BCUT2D eigenvalue weighted by atomic mass is 16.5. The highest BCUT2D eigenvalue weighted by Gasteiger charge is 2.24. The Hall–Kier alpha value is -0.530. The van der Waals surface area contributed by atoms with Crippen LogP contribution in [0.4, 0.5) is 0 Å². The van der Waals surface area contributed by atoms with E-state index in [1.54, 1.807) is 6.42 Å². The molecule has 0 heterocycles. The lowest BCUT2D eigenvalue weighted by molar-refractivity contribution is -0.146. The third-order valence-electron chi connectivity index (χ3n) is 3.98. The molecule has 0 bridgehead atoms. The summed E-state index contributed by atoms with van der Waals surface area (Å²) in [5, 5.41) is 0. The normalized spacial score (nSPS) is 17.9. The first-order valence-corrected chi connectivity index (χ1v) is 7.78. The van der Waals surface area contributed by atoms with Gasteiger partial charge in [0.05, 0.1) is 6.42 Å². The molecule has 1 fully saturated rings. The van der Waals surface area contributed by atoms with E-state index in [0.717, 1.165) is 12.8 Å². The SMILES string of the molecule is CCCCCCC[CH]C(=O)OC(C)C1CCCC1. The van der Waals surface area contributed by atoms with Gasteiger partial charge in [-0.3, -0.25) is 4.79 Å². The first-order valence-electron chi connectivity index (χ1n) is 7.78. The van der Waals surface area contributed by atoms with Gasteiger partial charge < -0.3 is 4.74 Å². The molecule has 1 aliphatic carbocycles. The zero-order valence-corrected chi connectivity index (χ0v) is 12.1. The summed E-state index contributed by atoms with van der Waals surface area (Å²) >= 11 is 0. The lowest BCUT2D eigenvalue weighted by Gasteiger charge is -2.19. The van der Waals surface area contributed by atoms with E-state index in [4.69, 9.17) is 4.74 Å². The zero-order valence-electron chi connectivity index (χ0n) is 12.1. The smallest absolute Gasteiger partial charge is 0.310 e. The fourth-order valence-corrected chi connectivity index (χ4v) is 2.72. The van der Waals surface area contributed by atoms with Crippen LogP contribution in [0, 0.1) is 12.3 Å². The third-order valence-corrected chi connectivity index (χ3v) is 3.98. The van der Waals surface area contributed by atoms with Crippen molar-refractivity contribution in [3.8, 4) is 0 Å². The Balaban J connectivity index is 1.99. The molecular formula is C16H29O2. The fourth-order valence-electron chi connectivity index (χ4n) is 2.72. The molecule has 0 aromatic heterocycles. The van der Waals surface area contributed by atoms with Crippen molar-refractivity contribution in [1.29, 1.82) is 0 Å². The van der Waals surface area contributed by atoms with E-state index in [0.29, 0.717) is 5.92 Å². The van der Waals surface area contributed by atoms with Crippen LogP contribution in [0.5, 0.6) is 0 Å². The second-order valence-corrected chi connectivity index (χ2v) is 5.59. The molecule has 1 radical (unpaired) electrons. The molecule has 0 aliphatic heterocycles. The minimum Gasteiger partial charge on any atom is -0.462 e. The highest BCUT2D eigenvalue weighted by Crippen LogP contribution is 2.29. The van der Waals surface area contributed by atoms with Crippen LogP contribution in [0.3, 0.4) is 0 Å². The summed E-state index contributed by atoms with van der Waals surface area (Å²) in [6.45, 7) is 4.26.